The Morgan fingerprint density at radius 1 is 1.30 bits per heavy atom. The van der Waals surface area contributed by atoms with E-state index in [9.17, 15) is 4.79 Å². The topological polar surface area (TPSA) is 26.3 Å². The minimum absolute atomic E-state index is 0.105. The summed E-state index contributed by atoms with van der Waals surface area (Å²) in [6, 6.07) is 6.11. The third-order valence-electron chi connectivity index (χ3n) is 3.03. The van der Waals surface area contributed by atoms with Crippen LogP contribution in [0.15, 0.2) is 27.1 Å². The molecule has 0 aliphatic carbocycles. The Kier molecular flexibility index (Phi) is 7.82. The third-order valence-corrected chi connectivity index (χ3v) is 4.21. The van der Waals surface area contributed by atoms with Gasteiger partial charge < -0.3 is 4.74 Å². The smallest absolute Gasteiger partial charge is 0.306 e. The van der Waals surface area contributed by atoms with E-state index in [1.807, 2.05) is 26.0 Å². The Bertz CT molecular complexity index is 444. The Morgan fingerprint density at radius 2 is 2.00 bits per heavy atom. The van der Waals surface area contributed by atoms with E-state index in [1.54, 1.807) is 0 Å². The highest BCUT2D eigenvalue weighted by Gasteiger charge is 2.19. The van der Waals surface area contributed by atoms with Crippen molar-refractivity contribution < 1.29 is 9.53 Å². The van der Waals surface area contributed by atoms with Crippen LogP contribution in [0.4, 0.5) is 0 Å². The molecule has 1 atom stereocenters. The molecule has 0 saturated heterocycles. The zero-order chi connectivity index (χ0) is 15.1. The molecule has 1 aromatic rings. The minimum Gasteiger partial charge on any atom is -0.465 e. The number of halogens is 2. The number of ether oxygens (including phenoxy) is 1. The second-order valence-electron chi connectivity index (χ2n) is 5.43. The summed E-state index contributed by atoms with van der Waals surface area (Å²) in [5, 5.41) is 0. The molecular formula is C16H22Br2O2. The summed E-state index contributed by atoms with van der Waals surface area (Å²) in [5.74, 6) is 0.483. The highest BCUT2D eigenvalue weighted by molar-refractivity contribution is 9.11. The van der Waals surface area contributed by atoms with Gasteiger partial charge in [0, 0.05) is 8.95 Å². The molecule has 1 unspecified atom stereocenters. The standard InChI is InChI=1S/C16H22Br2O2/c1-4-5-12(8-16(19)20-10-11(2)3)14-7-6-13(17)9-15(14)18/h6-7,9,11-12H,4-5,8,10H2,1-3H3. The lowest BCUT2D eigenvalue weighted by Gasteiger charge is -2.18. The average Bonchev–Trinajstić information content (AvgIpc) is 2.36. The van der Waals surface area contributed by atoms with Crippen LogP contribution in [-0.4, -0.2) is 12.6 Å². The first-order chi connectivity index (χ1) is 9.43. The maximum Gasteiger partial charge on any atom is 0.306 e. The van der Waals surface area contributed by atoms with E-state index in [0.717, 1.165) is 21.8 Å². The van der Waals surface area contributed by atoms with Gasteiger partial charge >= 0.3 is 5.97 Å². The van der Waals surface area contributed by atoms with Gasteiger partial charge in [-0.1, -0.05) is 65.1 Å². The molecule has 0 aliphatic heterocycles. The Balaban J connectivity index is 2.75. The molecule has 2 nitrogen and oxygen atoms in total. The fourth-order valence-corrected chi connectivity index (χ4v) is 3.44. The summed E-state index contributed by atoms with van der Waals surface area (Å²) in [6.45, 7) is 6.72. The maximum absolute atomic E-state index is 11.9. The molecular weight excluding hydrogens is 384 g/mol. The van der Waals surface area contributed by atoms with Gasteiger partial charge in [0.05, 0.1) is 13.0 Å². The predicted molar refractivity (Wildman–Crippen MR) is 89.9 cm³/mol. The number of carbonyl (C=O) groups excluding carboxylic acids is 1. The highest BCUT2D eigenvalue weighted by atomic mass is 79.9. The number of carbonyl (C=O) groups is 1. The molecule has 1 aromatic carbocycles. The van der Waals surface area contributed by atoms with Crippen LogP contribution in [0.2, 0.25) is 0 Å². The molecule has 0 amide bonds. The summed E-state index contributed by atoms with van der Waals surface area (Å²) in [7, 11) is 0. The van der Waals surface area contributed by atoms with E-state index in [4.69, 9.17) is 4.74 Å². The van der Waals surface area contributed by atoms with E-state index in [2.05, 4.69) is 44.8 Å². The van der Waals surface area contributed by atoms with Crippen molar-refractivity contribution in [2.75, 3.05) is 6.61 Å². The maximum atomic E-state index is 11.9. The van der Waals surface area contributed by atoms with Gasteiger partial charge in [0.1, 0.15) is 0 Å². The molecule has 0 saturated carbocycles. The van der Waals surface area contributed by atoms with E-state index in [-0.39, 0.29) is 11.9 Å². The van der Waals surface area contributed by atoms with Crippen molar-refractivity contribution in [3.8, 4) is 0 Å². The molecule has 1 rings (SSSR count). The number of esters is 1. The van der Waals surface area contributed by atoms with E-state index in [1.165, 1.54) is 5.56 Å². The van der Waals surface area contributed by atoms with Gasteiger partial charge in [0.15, 0.2) is 0 Å². The van der Waals surface area contributed by atoms with Crippen molar-refractivity contribution in [3.63, 3.8) is 0 Å². The molecule has 0 heterocycles. The Labute approximate surface area is 138 Å². The molecule has 112 valence electrons. The summed E-state index contributed by atoms with van der Waals surface area (Å²) in [6.07, 6.45) is 2.47. The van der Waals surface area contributed by atoms with E-state index < -0.39 is 0 Å². The predicted octanol–water partition coefficient (Wildman–Crippen LogP) is 5.68. The summed E-state index contributed by atoms with van der Waals surface area (Å²) >= 11 is 7.04. The fourth-order valence-electron chi connectivity index (χ4n) is 2.07. The highest BCUT2D eigenvalue weighted by Crippen LogP contribution is 2.33. The quantitative estimate of drug-likeness (QED) is 0.545. The molecule has 0 aliphatic rings. The van der Waals surface area contributed by atoms with E-state index >= 15 is 0 Å². The van der Waals surface area contributed by atoms with Gasteiger partial charge in [-0.2, -0.15) is 0 Å². The number of hydrogen-bond donors (Lipinski definition) is 0. The van der Waals surface area contributed by atoms with Gasteiger partial charge in [0.25, 0.3) is 0 Å². The van der Waals surface area contributed by atoms with Crippen molar-refractivity contribution >= 4 is 37.8 Å². The van der Waals surface area contributed by atoms with Crippen LogP contribution < -0.4 is 0 Å². The minimum atomic E-state index is -0.105. The van der Waals surface area contributed by atoms with Crippen molar-refractivity contribution in [2.24, 2.45) is 5.92 Å². The number of hydrogen-bond acceptors (Lipinski definition) is 2. The van der Waals surface area contributed by atoms with Crippen molar-refractivity contribution in [2.45, 2.75) is 46.0 Å². The zero-order valence-corrected chi connectivity index (χ0v) is 15.5. The molecule has 0 radical (unpaired) electrons. The number of benzene rings is 1. The van der Waals surface area contributed by atoms with Crippen molar-refractivity contribution in [3.05, 3.63) is 32.7 Å². The molecule has 0 bridgehead atoms. The average molecular weight is 406 g/mol. The summed E-state index contributed by atoms with van der Waals surface area (Å²) in [4.78, 5) is 11.9. The van der Waals surface area contributed by atoms with Gasteiger partial charge in [0.2, 0.25) is 0 Å². The summed E-state index contributed by atoms with van der Waals surface area (Å²) < 4.78 is 7.38. The van der Waals surface area contributed by atoms with Crippen molar-refractivity contribution in [1.82, 2.24) is 0 Å². The fraction of sp³-hybridized carbons (Fsp3) is 0.562. The first-order valence-corrected chi connectivity index (χ1v) is 8.63. The lowest BCUT2D eigenvalue weighted by atomic mass is 9.91. The first kappa shape index (κ1) is 17.7. The third kappa shape index (κ3) is 5.96. The van der Waals surface area contributed by atoms with Crippen LogP contribution >= 0.6 is 31.9 Å². The second kappa shape index (κ2) is 8.83. The molecule has 0 fully saturated rings. The van der Waals surface area contributed by atoms with E-state index in [0.29, 0.717) is 18.9 Å². The monoisotopic (exact) mass is 404 g/mol. The van der Waals surface area contributed by atoms with Gasteiger partial charge in [-0.25, -0.2) is 0 Å². The molecule has 0 N–H and O–H groups in total. The van der Waals surface area contributed by atoms with Gasteiger partial charge in [-0.05, 0) is 36.0 Å². The zero-order valence-electron chi connectivity index (χ0n) is 12.3. The first-order valence-electron chi connectivity index (χ1n) is 7.04. The Hall–Kier alpha value is -0.350. The normalized spacial score (nSPS) is 12.5. The lowest BCUT2D eigenvalue weighted by Crippen LogP contribution is -2.14. The van der Waals surface area contributed by atoms with Crippen LogP contribution in [0.5, 0.6) is 0 Å². The molecule has 0 aromatic heterocycles. The van der Waals surface area contributed by atoms with Crippen LogP contribution in [0.1, 0.15) is 51.5 Å². The SMILES string of the molecule is CCCC(CC(=O)OCC(C)C)c1ccc(Br)cc1Br. The van der Waals surface area contributed by atoms with Crippen LogP contribution in [-0.2, 0) is 9.53 Å². The molecule has 0 spiro atoms. The lowest BCUT2D eigenvalue weighted by molar-refractivity contribution is -0.145. The van der Waals surface area contributed by atoms with Crippen molar-refractivity contribution in [1.29, 1.82) is 0 Å². The number of rotatable bonds is 7. The van der Waals surface area contributed by atoms with Gasteiger partial charge in [-0.3, -0.25) is 4.79 Å². The molecule has 20 heavy (non-hydrogen) atoms. The van der Waals surface area contributed by atoms with Crippen LogP contribution in [0, 0.1) is 5.92 Å². The molecule has 4 heteroatoms. The Morgan fingerprint density at radius 3 is 2.55 bits per heavy atom. The largest absolute Gasteiger partial charge is 0.465 e. The van der Waals surface area contributed by atoms with Gasteiger partial charge in [-0.15, -0.1) is 0 Å². The summed E-state index contributed by atoms with van der Waals surface area (Å²) in [5.41, 5.74) is 1.18. The van der Waals surface area contributed by atoms with Crippen LogP contribution in [0.3, 0.4) is 0 Å². The second-order valence-corrected chi connectivity index (χ2v) is 7.20. The van der Waals surface area contributed by atoms with Crippen LogP contribution in [0.25, 0.3) is 0 Å².